The fraction of sp³-hybridized carbons (Fsp3) is 0.0185. The first kappa shape index (κ1) is 36.2. The highest BCUT2D eigenvalue weighted by Crippen LogP contribution is 2.34. The van der Waals surface area contributed by atoms with E-state index < -0.39 is 8.07 Å². The summed E-state index contributed by atoms with van der Waals surface area (Å²) in [6, 6.07) is 66.6. The maximum Gasteiger partial charge on any atom is 0.221 e. The van der Waals surface area contributed by atoms with E-state index >= 15 is 0 Å². The molecule has 11 aromatic rings. The average Bonchev–Trinajstić information content (AvgIpc) is 3.97. The van der Waals surface area contributed by atoms with Crippen LogP contribution in [0.1, 0.15) is 6.92 Å². The Bertz CT molecular complexity index is 3430. The maximum absolute atomic E-state index is 5.52. The Morgan fingerprint density at radius 3 is 1.69 bits per heavy atom. The number of para-hydroxylation sites is 6. The van der Waals surface area contributed by atoms with Crippen LogP contribution in [0.3, 0.4) is 0 Å². The van der Waals surface area contributed by atoms with Gasteiger partial charge in [-0.2, -0.15) is 0 Å². The molecule has 0 saturated heterocycles. The Kier molecular flexibility index (Phi) is 8.76. The van der Waals surface area contributed by atoms with Gasteiger partial charge >= 0.3 is 0 Å². The van der Waals surface area contributed by atoms with Gasteiger partial charge in [0.15, 0.2) is 13.9 Å². The lowest BCUT2D eigenvalue weighted by molar-refractivity contribution is 0.980. The van der Waals surface area contributed by atoms with Crippen molar-refractivity contribution in [1.29, 1.82) is 0 Å². The van der Waals surface area contributed by atoms with Crippen LogP contribution in [0, 0.1) is 0 Å². The second kappa shape index (κ2) is 14.7. The van der Waals surface area contributed by atoms with Gasteiger partial charge in [-0.3, -0.25) is 13.5 Å². The normalized spacial score (nSPS) is 12.3. The number of allylic oxidation sites excluding steroid dienone is 5. The lowest BCUT2D eigenvalue weighted by Crippen LogP contribution is -2.68. The fourth-order valence-electron chi connectivity index (χ4n) is 9.26. The van der Waals surface area contributed by atoms with E-state index in [2.05, 4.69) is 214 Å². The Morgan fingerprint density at radius 1 is 0.492 bits per heavy atom. The molecule has 0 N–H and O–H groups in total. The van der Waals surface area contributed by atoms with Gasteiger partial charge in [0.25, 0.3) is 0 Å². The Morgan fingerprint density at radius 2 is 1.03 bits per heavy atom. The van der Waals surface area contributed by atoms with Crippen LogP contribution >= 0.6 is 0 Å². The van der Waals surface area contributed by atoms with Crippen molar-refractivity contribution in [3.05, 3.63) is 224 Å². The number of imidazole rings is 2. The lowest BCUT2D eigenvalue weighted by atomic mass is 10.2. The number of nitrogens with zero attached hydrogens (tertiary/aromatic N) is 6. The van der Waals surface area contributed by atoms with Crippen molar-refractivity contribution in [2.45, 2.75) is 6.92 Å². The summed E-state index contributed by atoms with van der Waals surface area (Å²) in [7, 11) is -2.93. The van der Waals surface area contributed by atoms with Crippen LogP contribution in [0.15, 0.2) is 224 Å². The third-order valence-corrected chi connectivity index (χ3v) is 16.6. The van der Waals surface area contributed by atoms with Crippen molar-refractivity contribution in [1.82, 2.24) is 28.5 Å². The summed E-state index contributed by atoms with van der Waals surface area (Å²) in [5.74, 6) is 2.89. The summed E-state index contributed by atoms with van der Waals surface area (Å²) in [5, 5.41) is 7.11. The smallest absolute Gasteiger partial charge is 0.221 e. The summed E-state index contributed by atoms with van der Waals surface area (Å²) in [6.45, 7) is 6.89. The highest BCUT2D eigenvalue weighted by atomic mass is 28.3. The molecule has 0 radical (unpaired) electrons. The van der Waals surface area contributed by atoms with Crippen molar-refractivity contribution >= 4 is 73.3 Å². The Labute approximate surface area is 354 Å². The molecule has 0 saturated carbocycles. The highest BCUT2D eigenvalue weighted by Gasteiger charge is 2.41. The molecular weight excluding hydrogens is 761 g/mol. The van der Waals surface area contributed by atoms with Crippen LogP contribution in [0.25, 0.3) is 72.7 Å². The van der Waals surface area contributed by atoms with E-state index in [4.69, 9.17) is 21.5 Å². The van der Waals surface area contributed by atoms with Gasteiger partial charge in [-0.05, 0) is 58.9 Å². The van der Waals surface area contributed by atoms with Gasteiger partial charge in [-0.15, -0.1) is 0 Å². The molecule has 0 spiro atoms. The monoisotopic (exact) mass is 800 g/mol. The van der Waals surface area contributed by atoms with E-state index in [0.717, 1.165) is 61.3 Å². The van der Waals surface area contributed by atoms with E-state index in [1.54, 1.807) is 0 Å². The molecule has 0 atom stereocenters. The molecule has 0 bridgehead atoms. The third-order valence-electron chi connectivity index (χ3n) is 11.9. The fourth-order valence-corrected chi connectivity index (χ4v) is 13.8. The maximum atomic E-state index is 5.52. The van der Waals surface area contributed by atoms with Gasteiger partial charge in [0.1, 0.15) is 11.6 Å². The summed E-state index contributed by atoms with van der Waals surface area (Å²) < 4.78 is 6.69. The van der Waals surface area contributed by atoms with Crippen LogP contribution in [0.5, 0.6) is 0 Å². The van der Waals surface area contributed by atoms with Gasteiger partial charge in [0.05, 0.1) is 33.1 Å². The molecule has 6 nitrogen and oxygen atoms in total. The van der Waals surface area contributed by atoms with E-state index in [1.807, 2.05) is 19.1 Å². The molecule has 4 aromatic heterocycles. The zero-order valence-corrected chi connectivity index (χ0v) is 34.6. The first-order chi connectivity index (χ1) is 30.1. The first-order valence-electron chi connectivity index (χ1n) is 20.6. The molecule has 0 aliphatic carbocycles. The molecule has 7 aromatic carbocycles. The van der Waals surface area contributed by atoms with Crippen molar-refractivity contribution in [3.63, 3.8) is 0 Å². The average molecular weight is 801 g/mol. The Hall–Kier alpha value is -7.87. The molecule has 0 fully saturated rings. The molecule has 0 amide bonds. The van der Waals surface area contributed by atoms with Crippen molar-refractivity contribution in [2.75, 3.05) is 0 Å². The van der Waals surface area contributed by atoms with Gasteiger partial charge < -0.3 is 0 Å². The molecule has 11 rings (SSSR count). The zero-order valence-electron chi connectivity index (χ0n) is 33.6. The predicted molar refractivity (Wildman–Crippen MR) is 256 cm³/mol. The van der Waals surface area contributed by atoms with Crippen LogP contribution in [0.2, 0.25) is 0 Å². The minimum atomic E-state index is -2.93. The number of hydrogen-bond donors (Lipinski definition) is 0. The van der Waals surface area contributed by atoms with E-state index in [-0.39, 0.29) is 0 Å². The second-order valence-electron chi connectivity index (χ2n) is 15.3. The summed E-state index contributed by atoms with van der Waals surface area (Å²) >= 11 is 0. The molecule has 0 aliphatic rings. The van der Waals surface area contributed by atoms with Crippen LogP contribution in [-0.4, -0.2) is 36.6 Å². The van der Waals surface area contributed by atoms with Gasteiger partial charge in [0, 0.05) is 22.4 Å². The predicted octanol–water partition coefficient (Wildman–Crippen LogP) is 10.7. The van der Waals surface area contributed by atoms with E-state index in [0.29, 0.717) is 5.82 Å². The Balaban J connectivity index is 1.22. The zero-order chi connectivity index (χ0) is 40.9. The van der Waals surface area contributed by atoms with Crippen LogP contribution in [-0.2, 0) is 0 Å². The second-order valence-corrected chi connectivity index (χ2v) is 19.2. The minimum Gasteiger partial charge on any atom is -0.294 e. The SMILES string of the molecule is C=C(/C=C\C=C/C)[Si](c1ccccc1)(c1ccccc1)c1cccc(-c2nc(-n3c4ccccc4c4ccccc43)cc(-n3c4ccccc4n4c5ccccc5nc34)n2)c1. The quantitative estimate of drug-likeness (QED) is 0.0830. The molecule has 0 aliphatic heterocycles. The largest absolute Gasteiger partial charge is 0.294 e. The molecule has 61 heavy (non-hydrogen) atoms. The topological polar surface area (TPSA) is 52.9 Å². The minimum absolute atomic E-state index is 0.613. The number of rotatable bonds is 9. The van der Waals surface area contributed by atoms with Crippen molar-refractivity contribution in [2.24, 2.45) is 0 Å². The molecule has 7 heteroatoms. The van der Waals surface area contributed by atoms with E-state index in [1.165, 1.54) is 26.3 Å². The number of aromatic nitrogens is 6. The molecule has 4 heterocycles. The summed E-state index contributed by atoms with van der Waals surface area (Å²) in [4.78, 5) is 16.3. The van der Waals surface area contributed by atoms with E-state index in [9.17, 15) is 0 Å². The van der Waals surface area contributed by atoms with Crippen molar-refractivity contribution in [3.8, 4) is 23.0 Å². The van der Waals surface area contributed by atoms with Crippen LogP contribution < -0.4 is 15.6 Å². The van der Waals surface area contributed by atoms with Crippen LogP contribution in [0.4, 0.5) is 0 Å². The van der Waals surface area contributed by atoms with Crippen molar-refractivity contribution < 1.29 is 0 Å². The van der Waals surface area contributed by atoms with Gasteiger partial charge in [-0.1, -0.05) is 182 Å². The first-order valence-corrected chi connectivity index (χ1v) is 22.6. The molecule has 290 valence electrons. The van der Waals surface area contributed by atoms with Gasteiger partial charge in [-0.25, -0.2) is 15.0 Å². The third kappa shape index (κ3) is 5.73. The number of fused-ring (bicyclic) bond motifs is 8. The highest BCUT2D eigenvalue weighted by molar-refractivity contribution is 7.16. The number of hydrogen-bond acceptors (Lipinski definition) is 3. The molecule has 0 unspecified atom stereocenters. The summed E-state index contributed by atoms with van der Waals surface area (Å²) in [5.41, 5.74) is 7.09. The number of benzene rings is 7. The lowest BCUT2D eigenvalue weighted by Gasteiger charge is -2.35. The van der Waals surface area contributed by atoms with Gasteiger partial charge in [0.2, 0.25) is 5.78 Å². The standard InChI is InChI=1S/C54H40N6Si/c1-3-4-7-21-38(2)61(40-23-8-5-9-24-40,41-25-10-6-11-26-41)42-27-20-22-39(36-42)53-56-51(58-46-31-15-12-28-43(46)44-29-13-16-32-47(44)58)37-52(57-53)60-50-35-19-18-34-49(50)59-48-33-17-14-30-45(48)55-54(59)60/h3-37H,2H2,1H3/b4-3-,21-7-. The summed E-state index contributed by atoms with van der Waals surface area (Å²) in [6.07, 6.45) is 8.40. The molecular formula is C54H40N6Si.